The number of unbranched alkanes of at least 4 members (excludes halogenated alkanes) is 4. The number of hydrogen-bond acceptors (Lipinski definition) is 2. The van der Waals surface area contributed by atoms with Crippen LogP contribution < -0.4 is 10.1 Å². The van der Waals surface area contributed by atoms with Gasteiger partial charge >= 0.3 is 6.36 Å². The molecule has 0 saturated carbocycles. The molecule has 0 spiro atoms. The largest absolute Gasteiger partial charge is 0.573 e. The third-order valence-electron chi connectivity index (χ3n) is 3.46. The van der Waals surface area contributed by atoms with Gasteiger partial charge in [0.15, 0.2) is 0 Å². The number of nitrogens with one attached hydrogen (secondary N) is 1. The molecule has 3 nitrogen and oxygen atoms in total. The topological polar surface area (TPSA) is 38.3 Å². The molecule has 0 heterocycles. The molecule has 0 aliphatic carbocycles. The van der Waals surface area contributed by atoms with E-state index in [-0.39, 0.29) is 11.7 Å². The summed E-state index contributed by atoms with van der Waals surface area (Å²) in [4.78, 5) is 11.0. The molecule has 0 saturated heterocycles. The van der Waals surface area contributed by atoms with Crippen molar-refractivity contribution in [1.29, 1.82) is 0 Å². The van der Waals surface area contributed by atoms with E-state index in [9.17, 15) is 18.0 Å². The van der Waals surface area contributed by atoms with Crippen LogP contribution >= 0.6 is 0 Å². The van der Waals surface area contributed by atoms with Crippen molar-refractivity contribution in [3.8, 4) is 5.75 Å². The Morgan fingerprint density at radius 1 is 1.09 bits per heavy atom. The van der Waals surface area contributed by atoms with Crippen LogP contribution in [0.25, 0.3) is 0 Å². The van der Waals surface area contributed by atoms with Gasteiger partial charge in [-0.3, -0.25) is 4.79 Å². The molecule has 0 bridgehead atoms. The number of amides is 1. The minimum atomic E-state index is -4.65. The minimum Gasteiger partial charge on any atom is -0.406 e. The molecule has 23 heavy (non-hydrogen) atoms. The zero-order valence-electron chi connectivity index (χ0n) is 13.4. The molecule has 0 fully saturated rings. The second kappa shape index (κ2) is 10.1. The van der Waals surface area contributed by atoms with Crippen LogP contribution in [0.5, 0.6) is 5.75 Å². The highest BCUT2D eigenvalue weighted by Crippen LogP contribution is 2.27. The van der Waals surface area contributed by atoms with Crippen LogP contribution in [0.4, 0.5) is 13.2 Å². The maximum atomic E-state index is 12.3. The van der Waals surface area contributed by atoms with Crippen molar-refractivity contribution in [2.24, 2.45) is 0 Å². The number of ether oxygens (including phenoxy) is 1. The number of alkyl halides is 3. The molecule has 1 N–H and O–H groups in total. The van der Waals surface area contributed by atoms with Gasteiger partial charge in [0, 0.05) is 13.0 Å². The number of carbonyl (C=O) groups excluding carboxylic acids is 1. The lowest BCUT2D eigenvalue weighted by molar-refractivity contribution is -0.274. The molecule has 1 rings (SSSR count). The van der Waals surface area contributed by atoms with Crippen molar-refractivity contribution in [1.82, 2.24) is 5.32 Å². The fourth-order valence-electron chi connectivity index (χ4n) is 2.26. The lowest BCUT2D eigenvalue weighted by Gasteiger charge is -2.13. The van der Waals surface area contributed by atoms with Crippen molar-refractivity contribution in [2.45, 2.75) is 58.2 Å². The van der Waals surface area contributed by atoms with Crippen LogP contribution in [-0.2, 0) is 11.2 Å². The molecule has 1 aromatic rings. The van der Waals surface area contributed by atoms with E-state index in [1.54, 1.807) is 12.1 Å². The Morgan fingerprint density at radius 2 is 1.74 bits per heavy atom. The highest BCUT2D eigenvalue weighted by atomic mass is 19.4. The molecule has 0 radical (unpaired) electrons. The summed E-state index contributed by atoms with van der Waals surface area (Å²) in [5, 5.41) is 2.82. The van der Waals surface area contributed by atoms with E-state index in [0.29, 0.717) is 24.9 Å². The third-order valence-corrected chi connectivity index (χ3v) is 3.46. The maximum absolute atomic E-state index is 12.3. The first-order valence-electron chi connectivity index (χ1n) is 8.02. The van der Waals surface area contributed by atoms with E-state index in [1.165, 1.54) is 12.1 Å². The lowest BCUT2D eigenvalue weighted by Crippen LogP contribution is -2.23. The van der Waals surface area contributed by atoms with Gasteiger partial charge in [0.2, 0.25) is 5.91 Å². The summed E-state index contributed by atoms with van der Waals surface area (Å²) < 4.78 is 41.0. The van der Waals surface area contributed by atoms with Gasteiger partial charge in [-0.05, 0) is 30.9 Å². The average molecular weight is 331 g/mol. The quantitative estimate of drug-likeness (QED) is 0.636. The van der Waals surface area contributed by atoms with E-state index in [1.807, 2.05) is 6.92 Å². The van der Waals surface area contributed by atoms with Crippen LogP contribution in [0.3, 0.4) is 0 Å². The molecule has 1 amide bonds. The molecule has 0 aliphatic heterocycles. The molecule has 6 heteroatoms. The fourth-order valence-corrected chi connectivity index (χ4v) is 2.26. The third kappa shape index (κ3) is 9.11. The van der Waals surface area contributed by atoms with E-state index < -0.39 is 6.36 Å². The first kappa shape index (κ1) is 19.3. The lowest BCUT2D eigenvalue weighted by atomic mass is 10.0. The number of rotatable bonds is 10. The van der Waals surface area contributed by atoms with Crippen molar-refractivity contribution < 1.29 is 22.7 Å². The summed E-state index contributed by atoms with van der Waals surface area (Å²) >= 11 is 0. The van der Waals surface area contributed by atoms with Gasteiger partial charge in [0.1, 0.15) is 5.75 Å². The van der Waals surface area contributed by atoms with Crippen LogP contribution in [-0.4, -0.2) is 18.8 Å². The summed E-state index contributed by atoms with van der Waals surface area (Å²) in [5.74, 6) is -0.0476. The van der Waals surface area contributed by atoms with Gasteiger partial charge in [-0.25, -0.2) is 0 Å². The van der Waals surface area contributed by atoms with Crippen molar-refractivity contribution in [3.63, 3.8) is 0 Å². The van der Waals surface area contributed by atoms with Crippen molar-refractivity contribution in [2.75, 3.05) is 6.54 Å². The fraction of sp³-hybridized carbons (Fsp3) is 0.588. The molecule has 0 aromatic heterocycles. The van der Waals surface area contributed by atoms with Gasteiger partial charge in [0.25, 0.3) is 0 Å². The van der Waals surface area contributed by atoms with Crippen LogP contribution in [0, 0.1) is 0 Å². The maximum Gasteiger partial charge on any atom is 0.573 e. The molecular weight excluding hydrogens is 307 g/mol. The van der Waals surface area contributed by atoms with Crippen molar-refractivity contribution in [3.05, 3.63) is 29.8 Å². The monoisotopic (exact) mass is 331 g/mol. The Hall–Kier alpha value is -1.72. The van der Waals surface area contributed by atoms with E-state index in [0.717, 1.165) is 32.1 Å². The van der Waals surface area contributed by atoms with Gasteiger partial charge in [-0.15, -0.1) is 13.2 Å². The summed E-state index contributed by atoms with van der Waals surface area (Å²) in [6.07, 6.45) is 1.12. The smallest absolute Gasteiger partial charge is 0.406 e. The highest BCUT2D eigenvalue weighted by Gasteiger charge is 2.31. The average Bonchev–Trinajstić information content (AvgIpc) is 2.49. The van der Waals surface area contributed by atoms with Crippen LogP contribution in [0.15, 0.2) is 24.3 Å². The molecule has 130 valence electrons. The summed E-state index contributed by atoms with van der Waals surface area (Å²) in [5.41, 5.74) is 0.583. The van der Waals surface area contributed by atoms with Crippen molar-refractivity contribution >= 4 is 5.91 Å². The SMILES string of the molecule is CCC(=O)NCCCCCCCc1ccccc1OC(F)(F)F. The van der Waals surface area contributed by atoms with E-state index in [4.69, 9.17) is 0 Å². The predicted molar refractivity (Wildman–Crippen MR) is 83.2 cm³/mol. The normalized spacial score (nSPS) is 11.3. The second-order valence-electron chi connectivity index (χ2n) is 5.38. The Morgan fingerprint density at radius 3 is 2.43 bits per heavy atom. The Labute approximate surface area is 135 Å². The summed E-state index contributed by atoms with van der Waals surface area (Å²) in [6, 6.07) is 6.27. The van der Waals surface area contributed by atoms with Gasteiger partial charge < -0.3 is 10.1 Å². The van der Waals surface area contributed by atoms with Gasteiger partial charge in [-0.2, -0.15) is 0 Å². The summed E-state index contributed by atoms with van der Waals surface area (Å²) in [7, 11) is 0. The standard InChI is InChI=1S/C17H24F3NO2/c1-2-16(22)21-13-9-5-3-4-6-10-14-11-7-8-12-15(14)23-17(18,19)20/h7-8,11-12H,2-6,9-10,13H2,1H3,(H,21,22). The summed E-state index contributed by atoms with van der Waals surface area (Å²) in [6.45, 7) is 2.50. The zero-order valence-corrected chi connectivity index (χ0v) is 13.4. The Balaban J connectivity index is 2.20. The number of halogens is 3. The number of carbonyl (C=O) groups is 1. The van der Waals surface area contributed by atoms with E-state index in [2.05, 4.69) is 10.1 Å². The highest BCUT2D eigenvalue weighted by molar-refractivity contribution is 5.75. The second-order valence-corrected chi connectivity index (χ2v) is 5.38. The first-order valence-corrected chi connectivity index (χ1v) is 8.02. The van der Waals surface area contributed by atoms with Crippen LogP contribution in [0.2, 0.25) is 0 Å². The number of hydrogen-bond donors (Lipinski definition) is 1. The molecule has 1 aromatic carbocycles. The van der Waals surface area contributed by atoms with Gasteiger partial charge in [-0.1, -0.05) is 44.4 Å². The number of benzene rings is 1. The van der Waals surface area contributed by atoms with E-state index >= 15 is 0 Å². The Kier molecular flexibility index (Phi) is 8.51. The molecule has 0 aliphatic rings. The zero-order chi connectivity index (χ0) is 17.1. The first-order chi connectivity index (χ1) is 10.9. The number of aryl methyl sites for hydroxylation is 1. The molecule has 0 atom stereocenters. The number of para-hydroxylation sites is 1. The molecular formula is C17H24F3NO2. The molecule has 0 unspecified atom stereocenters. The Bertz CT molecular complexity index is 475. The minimum absolute atomic E-state index is 0.0614. The van der Waals surface area contributed by atoms with Gasteiger partial charge in [0.05, 0.1) is 0 Å². The van der Waals surface area contributed by atoms with Crippen LogP contribution in [0.1, 0.15) is 51.0 Å². The predicted octanol–water partition coefficient (Wildman–Crippen LogP) is 4.60.